The highest BCUT2D eigenvalue weighted by Gasteiger charge is 2.15. The van der Waals surface area contributed by atoms with Gasteiger partial charge in [0.15, 0.2) is 5.16 Å². The van der Waals surface area contributed by atoms with Crippen molar-refractivity contribution in [1.82, 2.24) is 24.7 Å². The first-order valence-corrected chi connectivity index (χ1v) is 9.37. The molecule has 0 saturated carbocycles. The summed E-state index contributed by atoms with van der Waals surface area (Å²) in [4.78, 5) is 8.71. The van der Waals surface area contributed by atoms with Gasteiger partial charge in [0.1, 0.15) is 17.2 Å². The Labute approximate surface area is 147 Å². The lowest BCUT2D eigenvalue weighted by molar-refractivity contribution is 0.651. The van der Waals surface area contributed by atoms with Crippen LogP contribution in [0.3, 0.4) is 0 Å². The van der Waals surface area contributed by atoms with Gasteiger partial charge in [0, 0.05) is 13.0 Å². The van der Waals surface area contributed by atoms with Gasteiger partial charge in [-0.05, 0) is 35.7 Å². The van der Waals surface area contributed by atoms with Crippen LogP contribution in [0.25, 0.3) is 10.2 Å². The van der Waals surface area contributed by atoms with Crippen molar-refractivity contribution in [2.45, 2.75) is 30.1 Å². The van der Waals surface area contributed by atoms with Gasteiger partial charge in [0.2, 0.25) is 0 Å². The van der Waals surface area contributed by atoms with Crippen LogP contribution >= 0.6 is 23.1 Å². The summed E-state index contributed by atoms with van der Waals surface area (Å²) in [6.07, 6.45) is 2.38. The Morgan fingerprint density at radius 1 is 1.08 bits per heavy atom. The van der Waals surface area contributed by atoms with Gasteiger partial charge in [-0.3, -0.25) is 0 Å². The average molecular weight is 353 g/mol. The normalized spacial score (nSPS) is 11.2. The van der Waals surface area contributed by atoms with Crippen LogP contribution in [0.1, 0.15) is 18.3 Å². The van der Waals surface area contributed by atoms with Gasteiger partial charge in [-0.2, -0.15) is 0 Å². The lowest BCUT2D eigenvalue weighted by Gasteiger charge is -2.07. The second kappa shape index (κ2) is 6.70. The van der Waals surface area contributed by atoms with Crippen LogP contribution in [-0.4, -0.2) is 24.7 Å². The zero-order chi connectivity index (χ0) is 16.4. The molecule has 0 spiro atoms. The predicted molar refractivity (Wildman–Crippen MR) is 96.5 cm³/mol. The molecule has 0 fully saturated rings. The Morgan fingerprint density at radius 2 is 1.96 bits per heavy atom. The number of nitrogens with zero attached hydrogens (tertiary/aromatic N) is 5. The topological polar surface area (TPSA) is 56.5 Å². The standard InChI is InChI=1S/C17H15N5S2/c1-2-22-14(10-12-6-4-3-5-7-12)20-21-17(22)24-16-15-13(8-9-23-15)18-11-19-16/h3-9,11H,2,10H2,1H3. The Balaban J connectivity index is 1.65. The van der Waals surface area contributed by atoms with E-state index in [-0.39, 0.29) is 0 Å². The lowest BCUT2D eigenvalue weighted by Crippen LogP contribution is -2.04. The van der Waals surface area contributed by atoms with Gasteiger partial charge in [0.25, 0.3) is 0 Å². The predicted octanol–water partition coefficient (Wildman–Crippen LogP) is 4.04. The van der Waals surface area contributed by atoms with Crippen LogP contribution in [-0.2, 0) is 13.0 Å². The second-order valence-corrected chi connectivity index (χ2v) is 7.09. The van der Waals surface area contributed by atoms with Crippen molar-refractivity contribution in [2.24, 2.45) is 0 Å². The summed E-state index contributed by atoms with van der Waals surface area (Å²) in [5, 5.41) is 12.6. The number of hydrogen-bond acceptors (Lipinski definition) is 6. The molecule has 0 amide bonds. The minimum atomic E-state index is 0.778. The molecule has 0 unspecified atom stereocenters. The summed E-state index contributed by atoms with van der Waals surface area (Å²) in [5.41, 5.74) is 2.21. The maximum absolute atomic E-state index is 4.42. The Morgan fingerprint density at radius 3 is 2.79 bits per heavy atom. The fraction of sp³-hybridized carbons (Fsp3) is 0.176. The van der Waals surface area contributed by atoms with E-state index in [1.165, 1.54) is 5.56 Å². The molecule has 0 aliphatic heterocycles. The molecule has 4 aromatic rings. The number of hydrogen-bond donors (Lipinski definition) is 0. The van der Waals surface area contributed by atoms with Crippen LogP contribution in [0.5, 0.6) is 0 Å². The van der Waals surface area contributed by atoms with Crippen molar-refractivity contribution in [3.8, 4) is 0 Å². The minimum absolute atomic E-state index is 0.778. The quantitative estimate of drug-likeness (QED) is 0.507. The molecule has 0 bridgehead atoms. The van der Waals surface area contributed by atoms with Gasteiger partial charge in [-0.1, -0.05) is 30.3 Å². The van der Waals surface area contributed by atoms with E-state index in [2.05, 4.69) is 43.8 Å². The van der Waals surface area contributed by atoms with Crippen molar-refractivity contribution in [3.63, 3.8) is 0 Å². The van der Waals surface area contributed by atoms with E-state index < -0.39 is 0 Å². The fourth-order valence-corrected chi connectivity index (χ4v) is 4.44. The van der Waals surface area contributed by atoms with Crippen LogP contribution in [0.15, 0.2) is 58.3 Å². The zero-order valence-corrected chi connectivity index (χ0v) is 14.7. The molecule has 0 saturated heterocycles. The van der Waals surface area contributed by atoms with Crippen LogP contribution in [0.4, 0.5) is 0 Å². The highest BCUT2D eigenvalue weighted by Crippen LogP contribution is 2.33. The zero-order valence-electron chi connectivity index (χ0n) is 13.1. The highest BCUT2D eigenvalue weighted by molar-refractivity contribution is 7.99. The van der Waals surface area contributed by atoms with Gasteiger partial charge in [-0.25, -0.2) is 9.97 Å². The van der Waals surface area contributed by atoms with Gasteiger partial charge in [0.05, 0.1) is 10.2 Å². The molecule has 0 N–H and O–H groups in total. The molecule has 0 aliphatic carbocycles. The average Bonchev–Trinajstić information content (AvgIpc) is 3.23. The van der Waals surface area contributed by atoms with Crippen molar-refractivity contribution in [1.29, 1.82) is 0 Å². The van der Waals surface area contributed by atoms with E-state index in [1.54, 1.807) is 29.4 Å². The van der Waals surface area contributed by atoms with Crippen molar-refractivity contribution < 1.29 is 0 Å². The molecule has 1 aromatic carbocycles. The summed E-state index contributed by atoms with van der Waals surface area (Å²) < 4.78 is 3.25. The molecule has 5 nitrogen and oxygen atoms in total. The summed E-state index contributed by atoms with van der Waals surface area (Å²) in [6, 6.07) is 12.4. The molecular formula is C17H15N5S2. The molecular weight excluding hydrogens is 338 g/mol. The number of fused-ring (bicyclic) bond motifs is 1. The van der Waals surface area contributed by atoms with E-state index >= 15 is 0 Å². The summed E-state index contributed by atoms with van der Waals surface area (Å²) >= 11 is 3.21. The van der Waals surface area contributed by atoms with Crippen LogP contribution in [0.2, 0.25) is 0 Å². The molecule has 3 heterocycles. The molecule has 0 atom stereocenters. The van der Waals surface area contributed by atoms with E-state index in [1.807, 2.05) is 29.6 Å². The number of thiophene rings is 1. The molecule has 0 aliphatic rings. The van der Waals surface area contributed by atoms with E-state index in [0.29, 0.717) is 0 Å². The highest BCUT2D eigenvalue weighted by atomic mass is 32.2. The monoisotopic (exact) mass is 353 g/mol. The largest absolute Gasteiger partial charge is 0.306 e. The van der Waals surface area contributed by atoms with Crippen LogP contribution in [0, 0.1) is 0 Å². The second-order valence-electron chi connectivity index (χ2n) is 5.22. The smallest absolute Gasteiger partial charge is 0.197 e. The first-order chi connectivity index (χ1) is 11.8. The Kier molecular flexibility index (Phi) is 4.27. The van der Waals surface area contributed by atoms with Gasteiger partial charge < -0.3 is 4.57 Å². The summed E-state index contributed by atoms with van der Waals surface area (Å²) in [5.74, 6) is 0.975. The first kappa shape index (κ1) is 15.3. The Hall–Kier alpha value is -2.25. The number of benzene rings is 1. The first-order valence-electron chi connectivity index (χ1n) is 7.67. The molecule has 4 rings (SSSR count). The third-order valence-corrected chi connectivity index (χ3v) is 5.74. The van der Waals surface area contributed by atoms with Gasteiger partial charge >= 0.3 is 0 Å². The van der Waals surface area contributed by atoms with E-state index in [4.69, 9.17) is 0 Å². The Bertz CT molecular complexity index is 961. The molecule has 0 radical (unpaired) electrons. The maximum atomic E-state index is 4.42. The maximum Gasteiger partial charge on any atom is 0.197 e. The van der Waals surface area contributed by atoms with Gasteiger partial charge in [-0.15, -0.1) is 21.5 Å². The van der Waals surface area contributed by atoms with Crippen LogP contribution < -0.4 is 0 Å². The van der Waals surface area contributed by atoms with Crippen molar-refractivity contribution >= 4 is 33.3 Å². The fourth-order valence-electron chi connectivity index (χ4n) is 2.55. The third-order valence-electron chi connectivity index (χ3n) is 3.71. The number of aromatic nitrogens is 5. The van der Waals surface area contributed by atoms with E-state index in [0.717, 1.165) is 39.2 Å². The summed E-state index contributed by atoms with van der Waals surface area (Å²) in [6.45, 7) is 2.94. The lowest BCUT2D eigenvalue weighted by atomic mass is 10.1. The molecule has 3 aromatic heterocycles. The van der Waals surface area contributed by atoms with Crippen molar-refractivity contribution in [2.75, 3.05) is 0 Å². The molecule has 24 heavy (non-hydrogen) atoms. The third kappa shape index (κ3) is 2.92. The van der Waals surface area contributed by atoms with E-state index in [9.17, 15) is 0 Å². The number of rotatable bonds is 5. The molecule has 7 heteroatoms. The molecule has 120 valence electrons. The van der Waals surface area contributed by atoms with Crippen molar-refractivity contribution in [3.05, 3.63) is 59.5 Å². The summed E-state index contributed by atoms with van der Waals surface area (Å²) in [7, 11) is 0. The minimum Gasteiger partial charge on any atom is -0.306 e. The SMILES string of the molecule is CCn1c(Cc2ccccc2)nnc1Sc1ncnc2ccsc12.